The summed E-state index contributed by atoms with van der Waals surface area (Å²) >= 11 is 0. The van der Waals surface area contributed by atoms with E-state index in [1.54, 1.807) is 0 Å². The van der Waals surface area contributed by atoms with Gasteiger partial charge in [-0.25, -0.2) is 0 Å². The number of carbonyl (C=O) groups is 1. The van der Waals surface area contributed by atoms with Crippen LogP contribution in [0.5, 0.6) is 0 Å². The third-order valence-electron chi connectivity index (χ3n) is 5.87. The van der Waals surface area contributed by atoms with Crippen LogP contribution in [0.1, 0.15) is 57.4 Å². The molecule has 1 atom stereocenters. The predicted molar refractivity (Wildman–Crippen MR) is 94.5 cm³/mol. The average molecular weight is 314 g/mol. The van der Waals surface area contributed by atoms with E-state index in [2.05, 4.69) is 47.5 Å². The quantitative estimate of drug-likeness (QED) is 0.902. The molecular formula is C20H30N2O. The lowest BCUT2D eigenvalue weighted by atomic mass is 9.79. The van der Waals surface area contributed by atoms with Gasteiger partial charge in [0.1, 0.15) is 0 Å². The summed E-state index contributed by atoms with van der Waals surface area (Å²) in [4.78, 5) is 15.0. The van der Waals surface area contributed by atoms with Gasteiger partial charge in [0.15, 0.2) is 0 Å². The zero-order chi connectivity index (χ0) is 16.1. The van der Waals surface area contributed by atoms with Crippen molar-refractivity contribution >= 4 is 5.91 Å². The smallest absolute Gasteiger partial charge is 0.237 e. The van der Waals surface area contributed by atoms with Crippen molar-refractivity contribution in [2.24, 2.45) is 0 Å². The van der Waals surface area contributed by atoms with Crippen molar-refractivity contribution in [2.75, 3.05) is 19.6 Å². The van der Waals surface area contributed by atoms with E-state index in [1.165, 1.54) is 50.5 Å². The van der Waals surface area contributed by atoms with Crippen LogP contribution in [-0.2, 0) is 10.2 Å². The molecule has 3 nitrogen and oxygen atoms in total. The van der Waals surface area contributed by atoms with Crippen LogP contribution >= 0.6 is 0 Å². The second-order valence-corrected chi connectivity index (χ2v) is 7.34. The number of rotatable bonds is 5. The minimum absolute atomic E-state index is 0.00419. The number of benzene rings is 1. The fourth-order valence-electron chi connectivity index (χ4n) is 4.29. The van der Waals surface area contributed by atoms with Gasteiger partial charge in [-0.1, -0.05) is 49.6 Å². The van der Waals surface area contributed by atoms with E-state index < -0.39 is 0 Å². The summed E-state index contributed by atoms with van der Waals surface area (Å²) in [7, 11) is 0. The molecule has 23 heavy (non-hydrogen) atoms. The third kappa shape index (κ3) is 3.77. The summed E-state index contributed by atoms with van der Waals surface area (Å²) < 4.78 is 0. The monoisotopic (exact) mass is 314 g/mol. The van der Waals surface area contributed by atoms with E-state index >= 15 is 0 Å². The number of hydrogen-bond acceptors (Lipinski definition) is 2. The molecule has 0 aromatic heterocycles. The second kappa shape index (κ2) is 7.48. The third-order valence-corrected chi connectivity index (χ3v) is 5.87. The fraction of sp³-hybridized carbons (Fsp3) is 0.650. The first kappa shape index (κ1) is 16.5. The highest BCUT2D eigenvalue weighted by Gasteiger charge is 2.36. The summed E-state index contributed by atoms with van der Waals surface area (Å²) in [5.74, 6) is 0.203. The van der Waals surface area contributed by atoms with Gasteiger partial charge < -0.3 is 5.32 Å². The lowest BCUT2D eigenvalue weighted by Gasteiger charge is -2.34. The molecule has 1 saturated carbocycles. The van der Waals surface area contributed by atoms with Crippen molar-refractivity contribution < 1.29 is 4.79 Å². The number of hydrogen-bond donors (Lipinski definition) is 1. The minimum atomic E-state index is 0.00419. The fourth-order valence-corrected chi connectivity index (χ4v) is 4.29. The number of likely N-dealkylation sites (tertiary alicyclic amines) is 1. The van der Waals surface area contributed by atoms with Gasteiger partial charge >= 0.3 is 0 Å². The van der Waals surface area contributed by atoms with Gasteiger partial charge in [0.2, 0.25) is 5.91 Å². The molecule has 3 heteroatoms. The Kier molecular flexibility index (Phi) is 5.37. The van der Waals surface area contributed by atoms with Crippen molar-refractivity contribution in [3.63, 3.8) is 0 Å². The molecule has 0 spiro atoms. The molecule has 0 radical (unpaired) electrons. The van der Waals surface area contributed by atoms with E-state index in [-0.39, 0.29) is 17.4 Å². The van der Waals surface area contributed by atoms with Crippen LogP contribution in [0.2, 0.25) is 0 Å². The first-order valence-electron chi connectivity index (χ1n) is 9.29. The molecule has 1 aromatic rings. The van der Waals surface area contributed by atoms with E-state index in [9.17, 15) is 4.79 Å². The SMILES string of the molecule is CC(C(=O)NCC1(c2ccccc2)CCCC1)N1CCCCC1. The molecule has 1 saturated heterocycles. The summed E-state index contributed by atoms with van der Waals surface area (Å²) in [6.07, 6.45) is 8.68. The van der Waals surface area contributed by atoms with Gasteiger partial charge in [-0.2, -0.15) is 0 Å². The molecule has 0 bridgehead atoms. The topological polar surface area (TPSA) is 32.3 Å². The van der Waals surface area contributed by atoms with Crippen LogP contribution in [0.4, 0.5) is 0 Å². The summed E-state index contributed by atoms with van der Waals surface area (Å²) in [5.41, 5.74) is 1.54. The average Bonchev–Trinajstić information content (AvgIpc) is 3.11. The standard InChI is InChI=1S/C20H30N2O/c1-17(22-14-8-3-9-15-22)19(23)21-16-20(12-6-7-13-20)18-10-4-2-5-11-18/h2,4-5,10-11,17H,3,6-9,12-16H2,1H3,(H,21,23). The lowest BCUT2D eigenvalue weighted by molar-refractivity contribution is -0.126. The molecule has 2 aliphatic rings. The zero-order valence-corrected chi connectivity index (χ0v) is 14.4. The van der Waals surface area contributed by atoms with Gasteiger partial charge in [-0.15, -0.1) is 0 Å². The largest absolute Gasteiger partial charge is 0.354 e. The Morgan fingerprint density at radius 3 is 2.39 bits per heavy atom. The van der Waals surface area contributed by atoms with Crippen LogP contribution in [-0.4, -0.2) is 36.5 Å². The maximum Gasteiger partial charge on any atom is 0.237 e. The van der Waals surface area contributed by atoms with Crippen LogP contribution in [0.3, 0.4) is 0 Å². The lowest BCUT2D eigenvalue weighted by Crippen LogP contribution is -2.49. The van der Waals surface area contributed by atoms with Gasteiger partial charge in [0.05, 0.1) is 6.04 Å². The molecule has 1 amide bonds. The van der Waals surface area contributed by atoms with Crippen molar-refractivity contribution in [3.8, 4) is 0 Å². The van der Waals surface area contributed by atoms with Crippen LogP contribution < -0.4 is 5.32 Å². The van der Waals surface area contributed by atoms with Crippen molar-refractivity contribution in [2.45, 2.75) is 63.3 Å². The molecule has 1 N–H and O–H groups in total. The van der Waals surface area contributed by atoms with E-state index in [1.807, 2.05) is 0 Å². The van der Waals surface area contributed by atoms with Crippen LogP contribution in [0, 0.1) is 0 Å². The molecule has 1 unspecified atom stereocenters. The van der Waals surface area contributed by atoms with Crippen LogP contribution in [0.25, 0.3) is 0 Å². The molecule has 1 aromatic carbocycles. The first-order chi connectivity index (χ1) is 11.2. The van der Waals surface area contributed by atoms with Gasteiger partial charge in [-0.3, -0.25) is 9.69 Å². The van der Waals surface area contributed by atoms with Gasteiger partial charge in [-0.05, 0) is 51.3 Å². The van der Waals surface area contributed by atoms with E-state index in [4.69, 9.17) is 0 Å². The molecule has 1 aliphatic heterocycles. The number of piperidine rings is 1. The molecule has 3 rings (SSSR count). The molecule has 1 aliphatic carbocycles. The highest BCUT2D eigenvalue weighted by atomic mass is 16.2. The molecule has 1 heterocycles. The van der Waals surface area contributed by atoms with Crippen molar-refractivity contribution in [1.29, 1.82) is 0 Å². The predicted octanol–water partition coefficient (Wildman–Crippen LogP) is 3.49. The van der Waals surface area contributed by atoms with E-state index in [0.717, 1.165) is 19.6 Å². The Bertz CT molecular complexity index is 502. The van der Waals surface area contributed by atoms with Crippen molar-refractivity contribution in [3.05, 3.63) is 35.9 Å². The Morgan fingerprint density at radius 2 is 1.74 bits per heavy atom. The number of amides is 1. The maximum absolute atomic E-state index is 12.6. The van der Waals surface area contributed by atoms with Gasteiger partial charge in [0.25, 0.3) is 0 Å². The Balaban J connectivity index is 1.62. The van der Waals surface area contributed by atoms with E-state index in [0.29, 0.717) is 0 Å². The Labute approximate surface area is 140 Å². The minimum Gasteiger partial charge on any atom is -0.354 e. The van der Waals surface area contributed by atoms with Gasteiger partial charge in [0, 0.05) is 12.0 Å². The molecular weight excluding hydrogens is 284 g/mol. The zero-order valence-electron chi connectivity index (χ0n) is 14.4. The molecule has 126 valence electrons. The number of nitrogens with zero attached hydrogens (tertiary/aromatic N) is 1. The second-order valence-electron chi connectivity index (χ2n) is 7.34. The summed E-state index contributed by atoms with van der Waals surface area (Å²) in [6.45, 7) is 4.98. The Morgan fingerprint density at radius 1 is 1.09 bits per heavy atom. The Hall–Kier alpha value is -1.35. The highest BCUT2D eigenvalue weighted by molar-refractivity contribution is 5.81. The maximum atomic E-state index is 12.6. The first-order valence-corrected chi connectivity index (χ1v) is 9.29. The molecule has 2 fully saturated rings. The summed E-state index contributed by atoms with van der Waals surface area (Å²) in [5, 5.41) is 3.28. The highest BCUT2D eigenvalue weighted by Crippen LogP contribution is 2.40. The van der Waals surface area contributed by atoms with Crippen LogP contribution in [0.15, 0.2) is 30.3 Å². The van der Waals surface area contributed by atoms with Crippen molar-refractivity contribution in [1.82, 2.24) is 10.2 Å². The number of carbonyl (C=O) groups excluding carboxylic acids is 1. The normalized spacial score (nSPS) is 22.7. The summed E-state index contributed by atoms with van der Waals surface area (Å²) in [6, 6.07) is 10.8. The number of nitrogens with one attached hydrogen (secondary N) is 1.